The Morgan fingerprint density at radius 3 is 2.28 bits per heavy atom. The summed E-state index contributed by atoms with van der Waals surface area (Å²) in [6, 6.07) is 15.4. The SMILES string of the molecule is Cc1ccc(N2CCN(C(=O)Nc3ccc(C#N)cc3)CC2)cc1C. The highest BCUT2D eigenvalue weighted by atomic mass is 16.2. The number of anilines is 2. The topological polar surface area (TPSA) is 59.4 Å². The Hall–Kier alpha value is -3.00. The van der Waals surface area contributed by atoms with Gasteiger partial charge in [-0.3, -0.25) is 0 Å². The molecule has 3 rings (SSSR count). The van der Waals surface area contributed by atoms with Gasteiger partial charge in [0.2, 0.25) is 0 Å². The van der Waals surface area contributed by atoms with Crippen LogP contribution >= 0.6 is 0 Å². The van der Waals surface area contributed by atoms with Crippen LogP contribution in [0.1, 0.15) is 16.7 Å². The Kier molecular flexibility index (Phi) is 4.90. The number of benzene rings is 2. The standard InChI is InChI=1S/C20H22N4O/c1-15-3-8-19(13-16(15)2)23-9-11-24(12-10-23)20(25)22-18-6-4-17(14-21)5-7-18/h3-8,13H,9-12H2,1-2H3,(H,22,25). The number of carbonyl (C=O) groups excluding carboxylic acids is 1. The van der Waals surface area contributed by atoms with Crippen LogP contribution in [0.3, 0.4) is 0 Å². The molecule has 0 unspecified atom stereocenters. The zero-order valence-corrected chi connectivity index (χ0v) is 14.6. The summed E-state index contributed by atoms with van der Waals surface area (Å²) in [6.07, 6.45) is 0. The summed E-state index contributed by atoms with van der Waals surface area (Å²) in [6.45, 7) is 7.27. The molecule has 1 heterocycles. The van der Waals surface area contributed by atoms with Crippen molar-refractivity contribution in [2.45, 2.75) is 13.8 Å². The predicted octanol–water partition coefficient (Wildman–Crippen LogP) is 3.53. The molecule has 128 valence electrons. The molecule has 1 N–H and O–H groups in total. The fourth-order valence-electron chi connectivity index (χ4n) is 2.92. The second-order valence-corrected chi connectivity index (χ2v) is 6.36. The summed E-state index contributed by atoms with van der Waals surface area (Å²) in [4.78, 5) is 16.5. The third-order valence-electron chi connectivity index (χ3n) is 4.69. The monoisotopic (exact) mass is 334 g/mol. The van der Waals surface area contributed by atoms with Crippen molar-refractivity contribution in [1.29, 1.82) is 5.26 Å². The quantitative estimate of drug-likeness (QED) is 0.914. The molecular weight excluding hydrogens is 312 g/mol. The summed E-state index contributed by atoms with van der Waals surface area (Å²) in [5, 5.41) is 11.7. The molecule has 1 aliphatic rings. The maximum atomic E-state index is 12.4. The maximum Gasteiger partial charge on any atom is 0.321 e. The third kappa shape index (κ3) is 3.92. The van der Waals surface area contributed by atoms with Gasteiger partial charge in [0.1, 0.15) is 0 Å². The van der Waals surface area contributed by atoms with Gasteiger partial charge in [-0.05, 0) is 61.4 Å². The number of nitrogens with one attached hydrogen (secondary N) is 1. The normalized spacial score (nSPS) is 14.1. The summed E-state index contributed by atoms with van der Waals surface area (Å²) in [5.74, 6) is 0. The van der Waals surface area contributed by atoms with Crippen molar-refractivity contribution < 1.29 is 4.79 Å². The van der Waals surface area contributed by atoms with Gasteiger partial charge < -0.3 is 15.1 Å². The van der Waals surface area contributed by atoms with Crippen LogP contribution in [-0.2, 0) is 0 Å². The van der Waals surface area contributed by atoms with Crippen molar-refractivity contribution >= 4 is 17.4 Å². The van der Waals surface area contributed by atoms with Gasteiger partial charge in [0, 0.05) is 37.6 Å². The van der Waals surface area contributed by atoms with Gasteiger partial charge in [0.15, 0.2) is 0 Å². The molecule has 1 fully saturated rings. The van der Waals surface area contributed by atoms with E-state index < -0.39 is 0 Å². The van der Waals surface area contributed by atoms with Crippen LogP contribution in [0, 0.1) is 25.2 Å². The number of rotatable bonds is 2. The average molecular weight is 334 g/mol. The number of amides is 2. The highest BCUT2D eigenvalue weighted by Crippen LogP contribution is 2.20. The van der Waals surface area contributed by atoms with Crippen LogP contribution in [0.15, 0.2) is 42.5 Å². The van der Waals surface area contributed by atoms with Gasteiger partial charge in [0.25, 0.3) is 0 Å². The largest absolute Gasteiger partial charge is 0.368 e. The number of nitriles is 1. The first-order valence-corrected chi connectivity index (χ1v) is 8.45. The van der Waals surface area contributed by atoms with E-state index in [1.807, 2.05) is 4.90 Å². The number of nitrogens with zero attached hydrogens (tertiary/aromatic N) is 3. The summed E-state index contributed by atoms with van der Waals surface area (Å²) in [7, 11) is 0. The first-order valence-electron chi connectivity index (χ1n) is 8.45. The van der Waals surface area contributed by atoms with Crippen LogP contribution < -0.4 is 10.2 Å². The lowest BCUT2D eigenvalue weighted by molar-refractivity contribution is 0.208. The van der Waals surface area contributed by atoms with Crippen molar-refractivity contribution in [3.8, 4) is 6.07 Å². The summed E-state index contributed by atoms with van der Waals surface area (Å²) in [5.41, 5.74) is 5.10. The zero-order chi connectivity index (χ0) is 17.8. The fraction of sp³-hybridized carbons (Fsp3) is 0.300. The molecule has 5 nitrogen and oxygen atoms in total. The van der Waals surface area contributed by atoms with E-state index in [1.54, 1.807) is 24.3 Å². The van der Waals surface area contributed by atoms with Crippen LogP contribution in [-0.4, -0.2) is 37.1 Å². The highest BCUT2D eigenvalue weighted by molar-refractivity contribution is 5.89. The minimum atomic E-state index is -0.0931. The second-order valence-electron chi connectivity index (χ2n) is 6.36. The van der Waals surface area contributed by atoms with Gasteiger partial charge >= 0.3 is 6.03 Å². The Morgan fingerprint density at radius 1 is 1.00 bits per heavy atom. The molecule has 0 saturated carbocycles. The van der Waals surface area contributed by atoms with Crippen LogP contribution in [0.5, 0.6) is 0 Å². The zero-order valence-electron chi connectivity index (χ0n) is 14.6. The fourth-order valence-corrected chi connectivity index (χ4v) is 2.92. The number of urea groups is 1. The Balaban J connectivity index is 1.56. The van der Waals surface area contributed by atoms with Gasteiger partial charge in [-0.25, -0.2) is 4.79 Å². The Morgan fingerprint density at radius 2 is 1.68 bits per heavy atom. The highest BCUT2D eigenvalue weighted by Gasteiger charge is 2.21. The van der Waals surface area contributed by atoms with Crippen molar-refractivity contribution in [2.24, 2.45) is 0 Å². The average Bonchev–Trinajstić information content (AvgIpc) is 2.65. The third-order valence-corrected chi connectivity index (χ3v) is 4.69. The second kappa shape index (κ2) is 7.27. The van der Waals surface area contributed by atoms with E-state index in [0.29, 0.717) is 24.3 Å². The molecule has 0 bridgehead atoms. The molecule has 2 amide bonds. The number of hydrogen-bond donors (Lipinski definition) is 1. The lowest BCUT2D eigenvalue weighted by atomic mass is 10.1. The molecule has 1 saturated heterocycles. The molecule has 1 aliphatic heterocycles. The van der Waals surface area contributed by atoms with Crippen molar-refractivity contribution in [3.05, 3.63) is 59.2 Å². The van der Waals surface area contributed by atoms with Gasteiger partial charge in [-0.2, -0.15) is 5.26 Å². The molecule has 0 atom stereocenters. The van der Waals surface area contributed by atoms with Crippen LogP contribution in [0.4, 0.5) is 16.2 Å². The number of piperazine rings is 1. The minimum absolute atomic E-state index is 0.0931. The molecular formula is C20H22N4O. The molecule has 0 radical (unpaired) electrons. The molecule has 5 heteroatoms. The van der Waals surface area contributed by atoms with Crippen molar-refractivity contribution in [3.63, 3.8) is 0 Å². The van der Waals surface area contributed by atoms with Crippen LogP contribution in [0.2, 0.25) is 0 Å². The lowest BCUT2D eigenvalue weighted by Gasteiger charge is -2.36. The molecule has 0 aliphatic carbocycles. The molecule has 2 aromatic carbocycles. The minimum Gasteiger partial charge on any atom is -0.368 e. The predicted molar refractivity (Wildman–Crippen MR) is 99.9 cm³/mol. The maximum absolute atomic E-state index is 12.4. The number of aryl methyl sites for hydroxylation is 2. The van der Waals surface area contributed by atoms with Crippen molar-refractivity contribution in [2.75, 3.05) is 36.4 Å². The van der Waals surface area contributed by atoms with E-state index in [9.17, 15) is 4.79 Å². The van der Waals surface area contributed by atoms with E-state index in [0.717, 1.165) is 13.1 Å². The molecule has 25 heavy (non-hydrogen) atoms. The summed E-state index contributed by atoms with van der Waals surface area (Å²) >= 11 is 0. The summed E-state index contributed by atoms with van der Waals surface area (Å²) < 4.78 is 0. The van der Waals surface area contributed by atoms with E-state index in [1.165, 1.54) is 16.8 Å². The first kappa shape index (κ1) is 16.8. The molecule has 2 aromatic rings. The first-order chi connectivity index (χ1) is 12.1. The Labute approximate surface area is 148 Å². The Bertz CT molecular complexity index is 799. The van der Waals surface area contributed by atoms with Gasteiger partial charge in [0.05, 0.1) is 11.6 Å². The van der Waals surface area contributed by atoms with E-state index >= 15 is 0 Å². The van der Waals surface area contributed by atoms with E-state index in [4.69, 9.17) is 5.26 Å². The number of hydrogen-bond acceptors (Lipinski definition) is 3. The van der Waals surface area contributed by atoms with E-state index in [2.05, 4.69) is 48.3 Å². The van der Waals surface area contributed by atoms with Crippen LogP contribution in [0.25, 0.3) is 0 Å². The molecule has 0 spiro atoms. The van der Waals surface area contributed by atoms with E-state index in [-0.39, 0.29) is 6.03 Å². The molecule has 0 aromatic heterocycles. The lowest BCUT2D eigenvalue weighted by Crippen LogP contribution is -2.50. The van der Waals surface area contributed by atoms with Crippen molar-refractivity contribution in [1.82, 2.24) is 4.90 Å². The van der Waals surface area contributed by atoms with Gasteiger partial charge in [-0.1, -0.05) is 6.07 Å². The number of carbonyl (C=O) groups is 1. The van der Waals surface area contributed by atoms with Gasteiger partial charge in [-0.15, -0.1) is 0 Å². The smallest absolute Gasteiger partial charge is 0.321 e.